The summed E-state index contributed by atoms with van der Waals surface area (Å²) >= 11 is 0. The van der Waals surface area contributed by atoms with E-state index < -0.39 is 11.8 Å². The van der Waals surface area contributed by atoms with Crippen molar-refractivity contribution in [1.29, 1.82) is 0 Å². The first-order valence-corrected chi connectivity index (χ1v) is 7.68. The van der Waals surface area contributed by atoms with Crippen molar-refractivity contribution in [2.24, 2.45) is 11.6 Å². The fraction of sp³-hybridized carbons (Fsp3) is 0.500. The maximum absolute atomic E-state index is 11.5. The van der Waals surface area contributed by atoms with E-state index in [0.29, 0.717) is 18.0 Å². The Morgan fingerprint density at radius 3 is 2.41 bits per heavy atom. The molecule has 1 aromatic carbocycles. The number of anilines is 1. The third-order valence-corrected chi connectivity index (χ3v) is 3.31. The van der Waals surface area contributed by atoms with Gasteiger partial charge in [-0.05, 0) is 18.6 Å². The summed E-state index contributed by atoms with van der Waals surface area (Å²) in [4.78, 5) is 22.5. The van der Waals surface area contributed by atoms with Crippen molar-refractivity contribution in [2.45, 2.75) is 45.4 Å². The van der Waals surface area contributed by atoms with Crippen LogP contribution in [0, 0.1) is 0 Å². The highest BCUT2D eigenvalue weighted by atomic mass is 16.5. The molecule has 1 aromatic rings. The first-order valence-electron chi connectivity index (χ1n) is 7.68. The van der Waals surface area contributed by atoms with Crippen LogP contribution in [-0.2, 0) is 9.59 Å². The van der Waals surface area contributed by atoms with Gasteiger partial charge < -0.3 is 10.5 Å². The van der Waals surface area contributed by atoms with Gasteiger partial charge in [0.25, 0.3) is 0 Å². The fourth-order valence-corrected chi connectivity index (χ4v) is 2.07. The van der Waals surface area contributed by atoms with Crippen LogP contribution in [0.3, 0.4) is 0 Å². The third kappa shape index (κ3) is 5.73. The van der Waals surface area contributed by atoms with Crippen LogP contribution in [0.5, 0.6) is 5.75 Å². The van der Waals surface area contributed by atoms with Crippen LogP contribution < -0.4 is 21.3 Å². The van der Waals surface area contributed by atoms with Gasteiger partial charge in [0.15, 0.2) is 0 Å². The second kappa shape index (κ2) is 9.78. The van der Waals surface area contributed by atoms with Gasteiger partial charge in [0.2, 0.25) is 0 Å². The molecule has 22 heavy (non-hydrogen) atoms. The number of ether oxygens (including phenoxy) is 1. The van der Waals surface area contributed by atoms with Crippen LogP contribution in [0.4, 0.5) is 5.69 Å². The van der Waals surface area contributed by atoms with E-state index in [-0.39, 0.29) is 0 Å². The molecule has 0 aliphatic heterocycles. The quantitative estimate of drug-likeness (QED) is 0.240. The summed E-state index contributed by atoms with van der Waals surface area (Å²) in [6.07, 6.45) is 6.98. The van der Waals surface area contributed by atoms with Gasteiger partial charge >= 0.3 is 11.8 Å². The van der Waals surface area contributed by atoms with Crippen LogP contribution >= 0.6 is 0 Å². The predicted molar refractivity (Wildman–Crippen MR) is 86.2 cm³/mol. The Labute approximate surface area is 131 Å². The molecule has 2 amide bonds. The number of nitrogens with two attached hydrogens (primary N) is 2. The molecular formula is C16H25N3O3. The largest absolute Gasteiger partial charge is 0.491 e. The van der Waals surface area contributed by atoms with Crippen molar-refractivity contribution in [3.63, 3.8) is 0 Å². The topological polar surface area (TPSA) is 98.7 Å². The van der Waals surface area contributed by atoms with Gasteiger partial charge in [-0.3, -0.25) is 9.59 Å². The minimum Gasteiger partial charge on any atom is -0.491 e. The summed E-state index contributed by atoms with van der Waals surface area (Å²) in [5.74, 6) is 4.01. The first kappa shape index (κ1) is 18.0. The number of amides is 2. The van der Waals surface area contributed by atoms with Gasteiger partial charge in [0, 0.05) is 0 Å². The number of hydrazine groups is 1. The summed E-state index contributed by atoms with van der Waals surface area (Å²) in [6, 6.07) is 6.81. The number of unbranched alkanes of at least 4 members (excludes halogenated alkanes) is 5. The standard InChI is InChI=1S/C16H25N3O3/c1-2-3-4-5-6-9-12-22-14-11-8-7-10-13(14)19(18)16(21)15(17)20/h7-8,10-11H,2-6,9,12,18H2,1H3,(H2,17,20). The molecule has 6 heteroatoms. The number of benzene rings is 1. The number of rotatable bonds is 9. The van der Waals surface area contributed by atoms with Crippen LogP contribution in [0.1, 0.15) is 45.4 Å². The smallest absolute Gasteiger partial charge is 0.330 e. The molecule has 0 spiro atoms. The Kier molecular flexibility index (Phi) is 7.99. The van der Waals surface area contributed by atoms with Gasteiger partial charge in [-0.1, -0.05) is 51.2 Å². The van der Waals surface area contributed by atoms with Crippen molar-refractivity contribution < 1.29 is 14.3 Å². The number of nitrogens with zero attached hydrogens (tertiary/aromatic N) is 1. The zero-order valence-electron chi connectivity index (χ0n) is 13.1. The van der Waals surface area contributed by atoms with E-state index in [4.69, 9.17) is 16.3 Å². The third-order valence-electron chi connectivity index (χ3n) is 3.31. The fourth-order valence-electron chi connectivity index (χ4n) is 2.07. The number of primary amides is 1. The highest BCUT2D eigenvalue weighted by molar-refractivity contribution is 6.39. The van der Waals surface area contributed by atoms with E-state index in [1.165, 1.54) is 25.7 Å². The van der Waals surface area contributed by atoms with Crippen molar-refractivity contribution in [2.75, 3.05) is 11.6 Å². The van der Waals surface area contributed by atoms with Gasteiger partial charge in [-0.25, -0.2) is 10.9 Å². The Hall–Kier alpha value is -2.08. The second-order valence-corrected chi connectivity index (χ2v) is 5.12. The minimum atomic E-state index is -1.10. The first-order chi connectivity index (χ1) is 10.6. The van der Waals surface area contributed by atoms with Crippen LogP contribution in [-0.4, -0.2) is 18.4 Å². The minimum absolute atomic E-state index is 0.331. The normalized spacial score (nSPS) is 10.3. The van der Waals surface area contributed by atoms with E-state index in [0.717, 1.165) is 17.9 Å². The molecule has 0 aliphatic rings. The second-order valence-electron chi connectivity index (χ2n) is 5.12. The lowest BCUT2D eigenvalue weighted by Crippen LogP contribution is -2.45. The number of hydrogen-bond acceptors (Lipinski definition) is 4. The lowest BCUT2D eigenvalue weighted by molar-refractivity contribution is -0.135. The number of carbonyl (C=O) groups excluding carboxylic acids is 2. The molecule has 122 valence electrons. The predicted octanol–water partition coefficient (Wildman–Crippen LogP) is 2.12. The monoisotopic (exact) mass is 307 g/mol. The Morgan fingerprint density at radius 1 is 1.09 bits per heavy atom. The molecule has 0 aliphatic carbocycles. The molecule has 1 rings (SSSR count). The summed E-state index contributed by atoms with van der Waals surface area (Å²) in [6.45, 7) is 2.73. The lowest BCUT2D eigenvalue weighted by Gasteiger charge is -2.18. The summed E-state index contributed by atoms with van der Waals surface area (Å²) in [5.41, 5.74) is 5.28. The molecular weight excluding hydrogens is 282 g/mol. The molecule has 0 saturated carbocycles. The summed E-state index contributed by atoms with van der Waals surface area (Å²) in [7, 11) is 0. The lowest BCUT2D eigenvalue weighted by atomic mass is 10.1. The van der Waals surface area contributed by atoms with Crippen LogP contribution in [0.15, 0.2) is 24.3 Å². The average molecular weight is 307 g/mol. The van der Waals surface area contributed by atoms with Crippen molar-refractivity contribution in [3.8, 4) is 5.75 Å². The Morgan fingerprint density at radius 2 is 1.73 bits per heavy atom. The summed E-state index contributed by atoms with van der Waals surface area (Å²) < 4.78 is 5.67. The maximum Gasteiger partial charge on any atom is 0.330 e. The van der Waals surface area contributed by atoms with E-state index in [2.05, 4.69) is 6.92 Å². The van der Waals surface area contributed by atoms with Gasteiger partial charge in [-0.2, -0.15) is 0 Å². The van der Waals surface area contributed by atoms with Crippen LogP contribution in [0.2, 0.25) is 0 Å². The van der Waals surface area contributed by atoms with E-state index in [1.807, 2.05) is 0 Å². The Bertz CT molecular complexity index is 491. The molecule has 0 heterocycles. The SMILES string of the molecule is CCCCCCCCOc1ccccc1N(N)C(=O)C(N)=O. The zero-order chi connectivity index (χ0) is 16.4. The zero-order valence-corrected chi connectivity index (χ0v) is 13.1. The van der Waals surface area contributed by atoms with Crippen molar-refractivity contribution >= 4 is 17.5 Å². The Balaban J connectivity index is 2.50. The summed E-state index contributed by atoms with van der Waals surface area (Å²) in [5, 5.41) is 0.721. The number of hydrogen-bond donors (Lipinski definition) is 2. The van der Waals surface area contributed by atoms with Crippen LogP contribution in [0.25, 0.3) is 0 Å². The number of carbonyl (C=O) groups is 2. The van der Waals surface area contributed by atoms with Crippen molar-refractivity contribution in [1.82, 2.24) is 0 Å². The number of para-hydroxylation sites is 2. The van der Waals surface area contributed by atoms with Gasteiger partial charge in [0.1, 0.15) is 11.4 Å². The van der Waals surface area contributed by atoms with Gasteiger partial charge in [0.05, 0.1) is 6.61 Å². The van der Waals surface area contributed by atoms with E-state index in [1.54, 1.807) is 24.3 Å². The van der Waals surface area contributed by atoms with Gasteiger partial charge in [-0.15, -0.1) is 0 Å². The van der Waals surface area contributed by atoms with E-state index >= 15 is 0 Å². The molecule has 0 unspecified atom stereocenters. The average Bonchev–Trinajstić information content (AvgIpc) is 2.53. The molecule has 0 atom stereocenters. The van der Waals surface area contributed by atoms with Crippen molar-refractivity contribution in [3.05, 3.63) is 24.3 Å². The molecule has 0 saturated heterocycles. The molecule has 0 fully saturated rings. The molecule has 0 radical (unpaired) electrons. The highest BCUT2D eigenvalue weighted by Gasteiger charge is 2.20. The van der Waals surface area contributed by atoms with E-state index in [9.17, 15) is 9.59 Å². The highest BCUT2D eigenvalue weighted by Crippen LogP contribution is 2.26. The molecule has 4 N–H and O–H groups in total. The molecule has 0 aromatic heterocycles. The molecule has 0 bridgehead atoms. The maximum atomic E-state index is 11.5. The molecule has 6 nitrogen and oxygen atoms in total.